The number of benzene rings is 2. The maximum absolute atomic E-state index is 13.9. The summed E-state index contributed by atoms with van der Waals surface area (Å²) in [5, 5.41) is 9.23. The Bertz CT molecular complexity index is 733. The molecule has 1 atom stereocenters. The lowest BCUT2D eigenvalue weighted by Gasteiger charge is -2.12. The summed E-state index contributed by atoms with van der Waals surface area (Å²) in [7, 11) is 0. The fourth-order valence-electron chi connectivity index (χ4n) is 1.90. The minimum atomic E-state index is -1.29. The standard InChI is InChI=1S/C15H7Br2F2NO/c16-8-5-12(18)14(13(19)6-8)15(21)10(7-20)9-3-1-2-4-11(9)17/h1-6,10H. The number of rotatable bonds is 3. The number of nitrogens with zero attached hydrogens (tertiary/aromatic N) is 1. The topological polar surface area (TPSA) is 40.9 Å². The van der Waals surface area contributed by atoms with Crippen molar-refractivity contribution in [1.82, 2.24) is 0 Å². The van der Waals surface area contributed by atoms with Gasteiger partial charge in [-0.3, -0.25) is 4.79 Å². The van der Waals surface area contributed by atoms with Crippen molar-refractivity contribution in [3.63, 3.8) is 0 Å². The Balaban J connectivity index is 2.53. The van der Waals surface area contributed by atoms with Gasteiger partial charge in [0.1, 0.15) is 17.6 Å². The molecular formula is C15H7Br2F2NO. The van der Waals surface area contributed by atoms with E-state index < -0.39 is 28.9 Å². The first kappa shape index (κ1) is 15.8. The molecule has 0 N–H and O–H groups in total. The van der Waals surface area contributed by atoms with Gasteiger partial charge in [-0.2, -0.15) is 5.26 Å². The number of ketones is 1. The van der Waals surface area contributed by atoms with Crippen LogP contribution in [0, 0.1) is 23.0 Å². The van der Waals surface area contributed by atoms with Gasteiger partial charge in [0.15, 0.2) is 5.78 Å². The highest BCUT2D eigenvalue weighted by molar-refractivity contribution is 9.10. The third-order valence-corrected chi connectivity index (χ3v) is 4.04. The molecule has 0 aromatic heterocycles. The maximum atomic E-state index is 13.9. The molecule has 0 heterocycles. The van der Waals surface area contributed by atoms with Crippen molar-refractivity contribution < 1.29 is 13.6 Å². The van der Waals surface area contributed by atoms with Gasteiger partial charge in [-0.1, -0.05) is 50.1 Å². The molecule has 21 heavy (non-hydrogen) atoms. The lowest BCUT2D eigenvalue weighted by Crippen LogP contribution is -2.15. The highest BCUT2D eigenvalue weighted by Gasteiger charge is 2.28. The van der Waals surface area contributed by atoms with Gasteiger partial charge in [-0.15, -0.1) is 0 Å². The predicted octanol–water partition coefficient (Wildman–Crippen LogP) is 4.98. The van der Waals surface area contributed by atoms with E-state index in [1.165, 1.54) is 0 Å². The van der Waals surface area contributed by atoms with Crippen LogP contribution in [0.3, 0.4) is 0 Å². The summed E-state index contributed by atoms with van der Waals surface area (Å²) in [4.78, 5) is 12.3. The number of Topliss-reactive ketones (excluding diaryl/α,β-unsaturated/α-hetero) is 1. The third-order valence-electron chi connectivity index (χ3n) is 2.86. The maximum Gasteiger partial charge on any atom is 0.190 e. The van der Waals surface area contributed by atoms with Crippen molar-refractivity contribution in [2.24, 2.45) is 0 Å². The molecule has 2 aromatic carbocycles. The summed E-state index contributed by atoms with van der Waals surface area (Å²) in [6.45, 7) is 0. The number of carbonyl (C=O) groups excluding carboxylic acids is 1. The van der Waals surface area contributed by atoms with Crippen LogP contribution in [0.25, 0.3) is 0 Å². The fraction of sp³-hybridized carbons (Fsp3) is 0.0667. The molecule has 0 saturated heterocycles. The number of hydrogen-bond acceptors (Lipinski definition) is 2. The van der Waals surface area contributed by atoms with E-state index in [-0.39, 0.29) is 4.47 Å². The second-order valence-electron chi connectivity index (χ2n) is 4.19. The van der Waals surface area contributed by atoms with Gasteiger partial charge in [-0.05, 0) is 23.8 Å². The monoisotopic (exact) mass is 413 g/mol. The smallest absolute Gasteiger partial charge is 0.190 e. The molecule has 2 aromatic rings. The Labute approximate surface area is 136 Å². The normalized spacial score (nSPS) is 11.8. The van der Waals surface area contributed by atoms with Crippen LogP contribution in [-0.4, -0.2) is 5.78 Å². The molecule has 1 unspecified atom stereocenters. The average molecular weight is 415 g/mol. The summed E-state index contributed by atoms with van der Waals surface area (Å²) in [5.41, 5.74) is -0.341. The lowest BCUT2D eigenvalue weighted by molar-refractivity contribution is 0.0970. The van der Waals surface area contributed by atoms with Gasteiger partial charge in [0.2, 0.25) is 0 Å². The largest absolute Gasteiger partial charge is 0.292 e. The van der Waals surface area contributed by atoms with Crippen LogP contribution < -0.4 is 0 Å². The summed E-state index contributed by atoms with van der Waals surface area (Å²) < 4.78 is 28.4. The third kappa shape index (κ3) is 3.20. The van der Waals surface area contributed by atoms with E-state index in [9.17, 15) is 18.8 Å². The van der Waals surface area contributed by atoms with E-state index in [1.54, 1.807) is 30.3 Å². The van der Waals surface area contributed by atoms with Crippen molar-refractivity contribution in [1.29, 1.82) is 5.26 Å². The number of nitriles is 1. The molecule has 6 heteroatoms. The van der Waals surface area contributed by atoms with E-state index in [2.05, 4.69) is 31.9 Å². The van der Waals surface area contributed by atoms with Gasteiger partial charge in [0.05, 0.1) is 11.6 Å². The first-order valence-electron chi connectivity index (χ1n) is 5.78. The van der Waals surface area contributed by atoms with Crippen LogP contribution in [0.2, 0.25) is 0 Å². The summed E-state index contributed by atoms with van der Waals surface area (Å²) >= 11 is 6.17. The number of hydrogen-bond donors (Lipinski definition) is 0. The average Bonchev–Trinajstić information content (AvgIpc) is 2.40. The molecule has 106 valence electrons. The first-order valence-corrected chi connectivity index (χ1v) is 7.37. The van der Waals surface area contributed by atoms with E-state index in [0.717, 1.165) is 12.1 Å². The van der Waals surface area contributed by atoms with Gasteiger partial charge in [0, 0.05) is 8.95 Å². The highest BCUT2D eigenvalue weighted by atomic mass is 79.9. The minimum Gasteiger partial charge on any atom is -0.292 e. The summed E-state index contributed by atoms with van der Waals surface area (Å²) in [6.07, 6.45) is 0. The van der Waals surface area contributed by atoms with Crippen molar-refractivity contribution in [3.05, 3.63) is 68.1 Å². The summed E-state index contributed by atoms with van der Waals surface area (Å²) in [5.74, 6) is -4.20. The molecule has 0 fully saturated rings. The minimum absolute atomic E-state index is 0.184. The van der Waals surface area contributed by atoms with Crippen molar-refractivity contribution in [2.45, 2.75) is 5.92 Å². The van der Waals surface area contributed by atoms with Crippen LogP contribution in [0.5, 0.6) is 0 Å². The van der Waals surface area contributed by atoms with Gasteiger partial charge in [-0.25, -0.2) is 8.78 Å². The van der Waals surface area contributed by atoms with Crippen molar-refractivity contribution in [2.75, 3.05) is 0 Å². The Hall–Kier alpha value is -1.58. The Morgan fingerprint density at radius 3 is 2.24 bits per heavy atom. The molecular weight excluding hydrogens is 408 g/mol. The predicted molar refractivity (Wildman–Crippen MR) is 80.9 cm³/mol. The van der Waals surface area contributed by atoms with Crippen LogP contribution in [0.1, 0.15) is 21.8 Å². The number of halogens is 4. The second kappa shape index (κ2) is 6.46. The van der Waals surface area contributed by atoms with Crippen molar-refractivity contribution >= 4 is 37.6 Å². The Morgan fingerprint density at radius 2 is 1.71 bits per heavy atom. The molecule has 0 aliphatic heterocycles. The molecule has 0 radical (unpaired) electrons. The molecule has 0 spiro atoms. The number of carbonyl (C=O) groups is 1. The molecule has 0 amide bonds. The SMILES string of the molecule is N#CC(C(=O)c1c(F)cc(Br)cc1F)c1ccccc1Br. The molecule has 0 aliphatic carbocycles. The highest BCUT2D eigenvalue weighted by Crippen LogP contribution is 2.30. The van der Waals surface area contributed by atoms with Gasteiger partial charge < -0.3 is 0 Å². The summed E-state index contributed by atoms with van der Waals surface area (Å²) in [6, 6.07) is 10.4. The van der Waals surface area contributed by atoms with Crippen LogP contribution >= 0.6 is 31.9 Å². The van der Waals surface area contributed by atoms with E-state index in [4.69, 9.17) is 0 Å². The molecule has 0 bridgehead atoms. The van der Waals surface area contributed by atoms with E-state index >= 15 is 0 Å². The van der Waals surface area contributed by atoms with Gasteiger partial charge in [0.25, 0.3) is 0 Å². The first-order chi connectivity index (χ1) is 9.95. The second-order valence-corrected chi connectivity index (χ2v) is 5.96. The van der Waals surface area contributed by atoms with Gasteiger partial charge >= 0.3 is 0 Å². The molecule has 0 saturated carbocycles. The lowest BCUT2D eigenvalue weighted by atomic mass is 9.91. The Kier molecular flexibility index (Phi) is 4.86. The quantitative estimate of drug-likeness (QED) is 0.664. The molecule has 2 rings (SSSR count). The molecule has 0 aliphatic rings. The zero-order valence-corrected chi connectivity index (χ0v) is 13.6. The fourth-order valence-corrected chi connectivity index (χ4v) is 2.82. The zero-order chi connectivity index (χ0) is 15.6. The van der Waals surface area contributed by atoms with Crippen LogP contribution in [-0.2, 0) is 0 Å². The Morgan fingerprint density at radius 1 is 1.14 bits per heavy atom. The van der Waals surface area contributed by atoms with E-state index in [0.29, 0.717) is 10.0 Å². The zero-order valence-electron chi connectivity index (χ0n) is 10.4. The van der Waals surface area contributed by atoms with Crippen LogP contribution in [0.15, 0.2) is 45.3 Å². The van der Waals surface area contributed by atoms with Crippen molar-refractivity contribution in [3.8, 4) is 6.07 Å². The van der Waals surface area contributed by atoms with Crippen LogP contribution in [0.4, 0.5) is 8.78 Å². The molecule has 2 nitrogen and oxygen atoms in total. The van der Waals surface area contributed by atoms with E-state index in [1.807, 2.05) is 0 Å².